The molecule has 0 aliphatic rings. The largest absolute Gasteiger partial charge is 0.504 e. The van der Waals surface area contributed by atoms with Crippen molar-refractivity contribution in [2.24, 2.45) is 0 Å². The molecule has 0 radical (unpaired) electrons. The molecule has 14 heavy (non-hydrogen) atoms. The van der Waals surface area contributed by atoms with E-state index in [9.17, 15) is 5.11 Å². The van der Waals surface area contributed by atoms with E-state index in [1.165, 1.54) is 14.2 Å². The molecule has 0 atom stereocenters. The number of phenolic OH excluding ortho intramolecular Hbond substituents is 1. The third kappa shape index (κ3) is 2.37. The molecule has 0 amide bonds. The standard InChI is InChI=1S/C9H12BrNO3/c1-13-9-7(10)4-3-6(8(9)12)5-11-14-2/h3-4,11-12H,5H2,1-2H3. The Kier molecular flexibility index (Phi) is 4.19. The van der Waals surface area contributed by atoms with Crippen LogP contribution in [0, 0.1) is 0 Å². The monoisotopic (exact) mass is 261 g/mol. The van der Waals surface area contributed by atoms with Crippen molar-refractivity contribution in [3.8, 4) is 11.5 Å². The third-order valence-corrected chi connectivity index (χ3v) is 2.40. The number of hydrogen-bond donors (Lipinski definition) is 2. The zero-order valence-electron chi connectivity index (χ0n) is 8.00. The van der Waals surface area contributed by atoms with Gasteiger partial charge in [-0.2, -0.15) is 5.48 Å². The molecule has 5 heteroatoms. The van der Waals surface area contributed by atoms with Gasteiger partial charge in [0, 0.05) is 12.1 Å². The molecule has 0 bridgehead atoms. The Morgan fingerprint density at radius 2 is 2.14 bits per heavy atom. The van der Waals surface area contributed by atoms with Crippen LogP contribution in [0.5, 0.6) is 11.5 Å². The van der Waals surface area contributed by atoms with Crippen LogP contribution in [0.2, 0.25) is 0 Å². The van der Waals surface area contributed by atoms with Gasteiger partial charge in [0.15, 0.2) is 11.5 Å². The Morgan fingerprint density at radius 3 is 2.71 bits per heavy atom. The molecule has 0 saturated heterocycles. The molecule has 0 saturated carbocycles. The predicted molar refractivity (Wildman–Crippen MR) is 56.2 cm³/mol. The van der Waals surface area contributed by atoms with Gasteiger partial charge in [0.1, 0.15) is 0 Å². The van der Waals surface area contributed by atoms with Gasteiger partial charge in [0.2, 0.25) is 0 Å². The van der Waals surface area contributed by atoms with E-state index in [4.69, 9.17) is 9.57 Å². The van der Waals surface area contributed by atoms with Crippen LogP contribution < -0.4 is 10.2 Å². The number of rotatable bonds is 4. The molecule has 0 unspecified atom stereocenters. The summed E-state index contributed by atoms with van der Waals surface area (Å²) >= 11 is 3.27. The Morgan fingerprint density at radius 1 is 1.43 bits per heavy atom. The number of ether oxygens (including phenoxy) is 1. The van der Waals surface area contributed by atoms with E-state index in [1.54, 1.807) is 6.07 Å². The van der Waals surface area contributed by atoms with Gasteiger partial charge in [-0.25, -0.2) is 0 Å². The SMILES string of the molecule is CONCc1ccc(Br)c(OC)c1O. The summed E-state index contributed by atoms with van der Waals surface area (Å²) in [6, 6.07) is 3.60. The van der Waals surface area contributed by atoms with E-state index < -0.39 is 0 Å². The summed E-state index contributed by atoms with van der Waals surface area (Å²) in [5.74, 6) is 0.548. The van der Waals surface area contributed by atoms with Crippen LogP contribution in [-0.2, 0) is 11.4 Å². The van der Waals surface area contributed by atoms with Crippen molar-refractivity contribution >= 4 is 15.9 Å². The lowest BCUT2D eigenvalue weighted by atomic mass is 10.2. The predicted octanol–water partition coefficient (Wildman–Crippen LogP) is 1.81. The topological polar surface area (TPSA) is 50.7 Å². The minimum Gasteiger partial charge on any atom is -0.504 e. The van der Waals surface area contributed by atoms with E-state index in [1.807, 2.05) is 6.07 Å². The molecule has 78 valence electrons. The number of methoxy groups -OCH3 is 1. The summed E-state index contributed by atoms with van der Waals surface area (Å²) in [6.45, 7) is 0.423. The molecule has 0 aromatic heterocycles. The fourth-order valence-corrected chi connectivity index (χ4v) is 1.56. The summed E-state index contributed by atoms with van der Waals surface area (Å²) in [6.07, 6.45) is 0. The number of benzene rings is 1. The first-order valence-corrected chi connectivity index (χ1v) is 4.80. The second kappa shape index (κ2) is 5.19. The molecule has 0 fully saturated rings. The van der Waals surface area contributed by atoms with Crippen LogP contribution in [0.15, 0.2) is 16.6 Å². The first-order valence-electron chi connectivity index (χ1n) is 4.01. The van der Waals surface area contributed by atoms with Crippen molar-refractivity contribution in [3.63, 3.8) is 0 Å². The maximum atomic E-state index is 9.75. The maximum absolute atomic E-state index is 9.75. The van der Waals surface area contributed by atoms with Gasteiger partial charge in [-0.1, -0.05) is 6.07 Å². The van der Waals surface area contributed by atoms with E-state index in [2.05, 4.69) is 21.4 Å². The van der Waals surface area contributed by atoms with Gasteiger partial charge >= 0.3 is 0 Å². The Bertz CT molecular complexity index is 317. The summed E-state index contributed by atoms with van der Waals surface area (Å²) in [5, 5.41) is 9.75. The smallest absolute Gasteiger partial charge is 0.175 e. The number of phenols is 1. The first-order chi connectivity index (χ1) is 6.70. The summed E-state index contributed by atoms with van der Waals surface area (Å²) in [5.41, 5.74) is 3.36. The van der Waals surface area contributed by atoms with Gasteiger partial charge in [-0.05, 0) is 22.0 Å². The average Bonchev–Trinajstić information content (AvgIpc) is 2.18. The number of halogens is 1. The van der Waals surface area contributed by atoms with Crippen molar-refractivity contribution < 1.29 is 14.7 Å². The zero-order chi connectivity index (χ0) is 10.6. The number of hydrogen-bond acceptors (Lipinski definition) is 4. The number of aromatic hydroxyl groups is 1. The van der Waals surface area contributed by atoms with Crippen molar-refractivity contribution in [1.82, 2.24) is 5.48 Å². The van der Waals surface area contributed by atoms with Crippen LogP contribution in [0.4, 0.5) is 0 Å². The zero-order valence-corrected chi connectivity index (χ0v) is 9.59. The summed E-state index contributed by atoms with van der Waals surface area (Å²) in [4.78, 5) is 4.69. The molecule has 4 nitrogen and oxygen atoms in total. The molecule has 1 aromatic carbocycles. The number of nitrogens with one attached hydrogen (secondary N) is 1. The molecule has 1 aromatic rings. The fourth-order valence-electron chi connectivity index (χ4n) is 1.07. The van der Waals surface area contributed by atoms with Gasteiger partial charge in [0.25, 0.3) is 0 Å². The second-order valence-electron chi connectivity index (χ2n) is 2.61. The van der Waals surface area contributed by atoms with Crippen molar-refractivity contribution in [2.45, 2.75) is 6.54 Å². The third-order valence-electron chi connectivity index (χ3n) is 1.78. The molecule has 0 aliphatic heterocycles. The van der Waals surface area contributed by atoms with E-state index in [-0.39, 0.29) is 5.75 Å². The normalized spacial score (nSPS) is 10.2. The minimum absolute atomic E-state index is 0.117. The van der Waals surface area contributed by atoms with Crippen LogP contribution in [0.25, 0.3) is 0 Å². The lowest BCUT2D eigenvalue weighted by Gasteiger charge is -2.10. The van der Waals surface area contributed by atoms with Gasteiger partial charge in [0.05, 0.1) is 18.7 Å². The van der Waals surface area contributed by atoms with Gasteiger partial charge < -0.3 is 14.7 Å². The summed E-state index contributed by atoms with van der Waals surface area (Å²) < 4.78 is 5.75. The molecule has 0 spiro atoms. The van der Waals surface area contributed by atoms with Gasteiger partial charge in [-0.3, -0.25) is 0 Å². The molecule has 0 aliphatic carbocycles. The molecule has 2 N–H and O–H groups in total. The quantitative estimate of drug-likeness (QED) is 0.812. The highest BCUT2D eigenvalue weighted by Gasteiger charge is 2.10. The van der Waals surface area contributed by atoms with E-state index in [0.29, 0.717) is 17.9 Å². The van der Waals surface area contributed by atoms with Crippen LogP contribution in [0.3, 0.4) is 0 Å². The van der Waals surface area contributed by atoms with Crippen LogP contribution in [-0.4, -0.2) is 19.3 Å². The molecule has 1 rings (SSSR count). The second-order valence-corrected chi connectivity index (χ2v) is 3.47. The minimum atomic E-state index is 0.117. The highest BCUT2D eigenvalue weighted by atomic mass is 79.9. The van der Waals surface area contributed by atoms with Crippen molar-refractivity contribution in [1.29, 1.82) is 0 Å². The lowest BCUT2D eigenvalue weighted by Crippen LogP contribution is -2.11. The Hall–Kier alpha value is -0.780. The summed E-state index contributed by atoms with van der Waals surface area (Å²) in [7, 11) is 3.03. The highest BCUT2D eigenvalue weighted by Crippen LogP contribution is 2.36. The van der Waals surface area contributed by atoms with Crippen LogP contribution >= 0.6 is 15.9 Å². The van der Waals surface area contributed by atoms with Crippen molar-refractivity contribution in [2.75, 3.05) is 14.2 Å². The maximum Gasteiger partial charge on any atom is 0.175 e. The average molecular weight is 262 g/mol. The molecular formula is C9H12BrNO3. The lowest BCUT2D eigenvalue weighted by molar-refractivity contribution is 0.0860. The van der Waals surface area contributed by atoms with Crippen LogP contribution in [0.1, 0.15) is 5.56 Å². The fraction of sp³-hybridized carbons (Fsp3) is 0.333. The van der Waals surface area contributed by atoms with Crippen molar-refractivity contribution in [3.05, 3.63) is 22.2 Å². The number of hydroxylamine groups is 1. The molecule has 0 heterocycles. The van der Waals surface area contributed by atoms with E-state index in [0.717, 1.165) is 4.47 Å². The van der Waals surface area contributed by atoms with E-state index >= 15 is 0 Å². The Balaban J connectivity index is 2.96. The first kappa shape index (κ1) is 11.3. The molecular weight excluding hydrogens is 250 g/mol. The highest BCUT2D eigenvalue weighted by molar-refractivity contribution is 9.10. The Labute approximate surface area is 90.9 Å². The van der Waals surface area contributed by atoms with Gasteiger partial charge in [-0.15, -0.1) is 0 Å².